The summed E-state index contributed by atoms with van der Waals surface area (Å²) in [7, 11) is 1.43. The van der Waals surface area contributed by atoms with E-state index in [1.165, 1.54) is 26.2 Å². The number of methoxy groups -OCH3 is 1. The average Bonchev–Trinajstić information content (AvgIpc) is 2.78. The summed E-state index contributed by atoms with van der Waals surface area (Å²) in [6.07, 6.45) is -0.357. The highest BCUT2D eigenvalue weighted by molar-refractivity contribution is 6.32. The average molecular weight is 477 g/mol. The highest BCUT2D eigenvalue weighted by Gasteiger charge is 2.22. The first-order chi connectivity index (χ1) is 15.7. The van der Waals surface area contributed by atoms with Gasteiger partial charge in [0, 0.05) is 5.69 Å². The van der Waals surface area contributed by atoms with Gasteiger partial charge in [0.15, 0.2) is 17.6 Å². The van der Waals surface area contributed by atoms with E-state index in [1.807, 2.05) is 39.0 Å². The highest BCUT2D eigenvalue weighted by atomic mass is 35.5. The number of hydrogen-bond acceptors (Lipinski definition) is 6. The molecular weight excluding hydrogens is 448 g/mol. The molecule has 0 saturated heterocycles. The number of nitrogens with one attached hydrogen (secondary N) is 2. The van der Waals surface area contributed by atoms with Crippen LogP contribution in [-0.2, 0) is 14.3 Å². The Morgan fingerprint density at radius 1 is 1.12 bits per heavy atom. The topological polar surface area (TPSA) is 103 Å². The molecule has 0 spiro atoms. The molecule has 9 heteroatoms. The van der Waals surface area contributed by atoms with Gasteiger partial charge in [-0.25, -0.2) is 4.79 Å². The predicted molar refractivity (Wildman–Crippen MR) is 126 cm³/mol. The molecule has 2 aromatic carbocycles. The van der Waals surface area contributed by atoms with Gasteiger partial charge in [-0.2, -0.15) is 0 Å². The minimum atomic E-state index is -1.13. The number of amides is 2. The number of rotatable bonds is 10. The van der Waals surface area contributed by atoms with Gasteiger partial charge in [0.2, 0.25) is 5.91 Å². The fraction of sp³-hybridized carbons (Fsp3) is 0.375. The largest absolute Gasteiger partial charge is 0.493 e. The molecule has 2 N–H and O–H groups in total. The summed E-state index contributed by atoms with van der Waals surface area (Å²) in [5.74, 6) is -1.15. The van der Waals surface area contributed by atoms with Crippen LogP contribution in [0, 0.1) is 13.8 Å². The summed E-state index contributed by atoms with van der Waals surface area (Å²) in [5, 5.41) is 5.43. The number of anilines is 1. The SMILES string of the molecule is CCCOc1c(Cl)cc(C(=O)OC(C)C(=O)NCC(=O)Nc2c(C)cccc2C)cc1OC. The second kappa shape index (κ2) is 12.1. The van der Waals surface area contributed by atoms with E-state index in [-0.39, 0.29) is 22.9 Å². The van der Waals surface area contributed by atoms with Gasteiger partial charge in [-0.15, -0.1) is 0 Å². The van der Waals surface area contributed by atoms with Crippen LogP contribution in [0.15, 0.2) is 30.3 Å². The standard InChI is InChI=1S/C24H29ClN2O6/c1-6-10-32-22-18(25)11-17(12-19(22)31-5)24(30)33-16(4)23(29)26-13-20(28)27-21-14(2)8-7-9-15(21)3/h7-9,11-12,16H,6,10,13H2,1-5H3,(H,26,29)(H,27,28). The van der Waals surface area contributed by atoms with Gasteiger partial charge in [-0.05, 0) is 50.5 Å². The summed E-state index contributed by atoms with van der Waals surface area (Å²) in [4.78, 5) is 37.1. The van der Waals surface area contributed by atoms with Crippen molar-refractivity contribution in [2.45, 2.75) is 40.2 Å². The zero-order chi connectivity index (χ0) is 24.5. The molecule has 1 unspecified atom stereocenters. The van der Waals surface area contributed by atoms with E-state index >= 15 is 0 Å². The van der Waals surface area contributed by atoms with Gasteiger partial charge >= 0.3 is 5.97 Å². The number of benzene rings is 2. The summed E-state index contributed by atoms with van der Waals surface area (Å²) >= 11 is 6.23. The molecule has 0 saturated carbocycles. The molecule has 8 nitrogen and oxygen atoms in total. The number of para-hydroxylation sites is 1. The van der Waals surface area contributed by atoms with Crippen molar-refractivity contribution in [3.05, 3.63) is 52.0 Å². The first kappa shape index (κ1) is 26.0. The fourth-order valence-electron chi connectivity index (χ4n) is 2.97. The molecule has 178 valence electrons. The van der Waals surface area contributed by atoms with Crippen molar-refractivity contribution < 1.29 is 28.6 Å². The molecule has 2 aromatic rings. The minimum absolute atomic E-state index is 0.105. The van der Waals surface area contributed by atoms with Gasteiger partial charge < -0.3 is 24.8 Å². The maximum absolute atomic E-state index is 12.5. The molecular formula is C24H29ClN2O6. The van der Waals surface area contributed by atoms with Crippen molar-refractivity contribution in [1.82, 2.24) is 5.32 Å². The molecule has 0 bridgehead atoms. The molecule has 0 fully saturated rings. The number of hydrogen-bond donors (Lipinski definition) is 2. The number of carbonyl (C=O) groups excluding carboxylic acids is 3. The summed E-state index contributed by atoms with van der Waals surface area (Å²) in [5.41, 5.74) is 2.64. The zero-order valence-electron chi connectivity index (χ0n) is 19.4. The van der Waals surface area contributed by atoms with E-state index in [9.17, 15) is 14.4 Å². The van der Waals surface area contributed by atoms with Crippen LogP contribution in [0.5, 0.6) is 11.5 Å². The molecule has 2 rings (SSSR count). The Balaban J connectivity index is 1.95. The molecule has 0 aromatic heterocycles. The van der Waals surface area contributed by atoms with Crippen LogP contribution < -0.4 is 20.1 Å². The highest BCUT2D eigenvalue weighted by Crippen LogP contribution is 2.36. The fourth-order valence-corrected chi connectivity index (χ4v) is 3.24. The quantitative estimate of drug-likeness (QED) is 0.501. The van der Waals surface area contributed by atoms with Crippen molar-refractivity contribution in [2.24, 2.45) is 0 Å². The maximum atomic E-state index is 12.5. The zero-order valence-corrected chi connectivity index (χ0v) is 20.2. The second-order valence-electron chi connectivity index (χ2n) is 7.42. The van der Waals surface area contributed by atoms with Gasteiger partial charge in [-0.3, -0.25) is 9.59 Å². The molecule has 33 heavy (non-hydrogen) atoms. The Bertz CT molecular complexity index is 1000. The Morgan fingerprint density at radius 3 is 2.39 bits per heavy atom. The predicted octanol–water partition coefficient (Wildman–Crippen LogP) is 4.05. The Hall–Kier alpha value is -3.26. The smallest absolute Gasteiger partial charge is 0.339 e. The maximum Gasteiger partial charge on any atom is 0.339 e. The van der Waals surface area contributed by atoms with Gasteiger partial charge in [-0.1, -0.05) is 36.7 Å². The van der Waals surface area contributed by atoms with Crippen molar-refractivity contribution in [3.8, 4) is 11.5 Å². The molecule has 2 amide bonds. The van der Waals surface area contributed by atoms with Crippen molar-refractivity contribution in [3.63, 3.8) is 0 Å². The van der Waals surface area contributed by atoms with E-state index in [0.717, 1.165) is 17.5 Å². The van der Waals surface area contributed by atoms with Crippen molar-refractivity contribution in [2.75, 3.05) is 25.6 Å². The normalized spacial score (nSPS) is 11.3. The van der Waals surface area contributed by atoms with Crippen LogP contribution in [0.25, 0.3) is 0 Å². The van der Waals surface area contributed by atoms with Crippen LogP contribution in [0.2, 0.25) is 5.02 Å². The first-order valence-corrected chi connectivity index (χ1v) is 10.9. The number of aryl methyl sites for hydroxylation is 2. The van der Waals surface area contributed by atoms with Gasteiger partial charge in [0.25, 0.3) is 5.91 Å². The molecule has 1 atom stereocenters. The Morgan fingerprint density at radius 2 is 1.79 bits per heavy atom. The van der Waals surface area contributed by atoms with Crippen LogP contribution >= 0.6 is 11.6 Å². The number of ether oxygens (including phenoxy) is 3. The van der Waals surface area contributed by atoms with Crippen molar-refractivity contribution >= 4 is 35.1 Å². The van der Waals surface area contributed by atoms with Crippen LogP contribution in [0.1, 0.15) is 41.8 Å². The number of esters is 1. The van der Waals surface area contributed by atoms with E-state index in [4.69, 9.17) is 25.8 Å². The monoisotopic (exact) mass is 476 g/mol. The second-order valence-corrected chi connectivity index (χ2v) is 7.83. The minimum Gasteiger partial charge on any atom is -0.493 e. The van der Waals surface area contributed by atoms with Crippen LogP contribution in [-0.4, -0.2) is 44.1 Å². The molecule has 0 heterocycles. The summed E-state index contributed by atoms with van der Waals surface area (Å²) in [6.45, 7) is 7.30. The third kappa shape index (κ3) is 7.12. The molecule has 0 aliphatic heterocycles. The van der Waals surface area contributed by atoms with E-state index in [1.54, 1.807) is 0 Å². The number of halogens is 1. The Labute approximate surface area is 198 Å². The van der Waals surface area contributed by atoms with E-state index in [2.05, 4.69) is 10.6 Å². The lowest BCUT2D eigenvalue weighted by Gasteiger charge is -2.16. The molecule has 0 aliphatic carbocycles. The third-order valence-corrected chi connectivity index (χ3v) is 5.02. The number of carbonyl (C=O) groups is 3. The summed E-state index contributed by atoms with van der Waals surface area (Å²) in [6, 6.07) is 8.48. The van der Waals surface area contributed by atoms with E-state index < -0.39 is 23.9 Å². The third-order valence-electron chi connectivity index (χ3n) is 4.74. The van der Waals surface area contributed by atoms with Crippen molar-refractivity contribution in [1.29, 1.82) is 0 Å². The van der Waals surface area contributed by atoms with Gasteiger partial charge in [0.1, 0.15) is 0 Å². The lowest BCUT2D eigenvalue weighted by molar-refractivity contribution is -0.130. The van der Waals surface area contributed by atoms with E-state index in [0.29, 0.717) is 18.0 Å². The van der Waals surface area contributed by atoms with Gasteiger partial charge in [0.05, 0.1) is 30.8 Å². The summed E-state index contributed by atoms with van der Waals surface area (Å²) < 4.78 is 16.0. The molecule has 0 radical (unpaired) electrons. The van der Waals surface area contributed by atoms with Crippen LogP contribution in [0.3, 0.4) is 0 Å². The molecule has 0 aliphatic rings. The lowest BCUT2D eigenvalue weighted by Crippen LogP contribution is -2.40. The first-order valence-electron chi connectivity index (χ1n) is 10.5. The Kier molecular flexibility index (Phi) is 9.54. The van der Waals surface area contributed by atoms with Crippen LogP contribution in [0.4, 0.5) is 5.69 Å². The lowest BCUT2D eigenvalue weighted by atomic mass is 10.1.